The summed E-state index contributed by atoms with van der Waals surface area (Å²) in [6, 6.07) is 23.0. The molecule has 4 rings (SSSR count). The normalized spacial score (nSPS) is 10.7. The average molecular weight is 491 g/mol. The van der Waals surface area contributed by atoms with Crippen molar-refractivity contribution in [3.05, 3.63) is 94.7 Å². The van der Waals surface area contributed by atoms with E-state index in [0.717, 1.165) is 34.3 Å². The van der Waals surface area contributed by atoms with Gasteiger partial charge in [0.2, 0.25) is 5.88 Å². The van der Waals surface area contributed by atoms with Crippen LogP contribution < -0.4 is 4.74 Å². The molecule has 1 amide bonds. The summed E-state index contributed by atoms with van der Waals surface area (Å²) in [5, 5.41) is 7.48. The maximum Gasteiger partial charge on any atom is 0.259 e. The minimum atomic E-state index is -0.125. The van der Waals surface area contributed by atoms with Crippen molar-refractivity contribution in [3.63, 3.8) is 0 Å². The van der Waals surface area contributed by atoms with Gasteiger partial charge in [0.1, 0.15) is 11.3 Å². The highest BCUT2D eigenvalue weighted by Gasteiger charge is 2.18. The van der Waals surface area contributed by atoms with Gasteiger partial charge in [-0.3, -0.25) is 9.89 Å². The molecule has 4 aromatic rings. The highest BCUT2D eigenvalue weighted by atomic mass is 79.9. The Morgan fingerprint density at radius 3 is 2.62 bits per heavy atom. The fourth-order valence-electron chi connectivity index (χ4n) is 3.31. The quantitative estimate of drug-likeness (QED) is 0.342. The smallest absolute Gasteiger partial charge is 0.259 e. The Morgan fingerprint density at radius 1 is 1.06 bits per heavy atom. The van der Waals surface area contributed by atoms with Crippen LogP contribution in [-0.2, 0) is 6.42 Å². The number of nitrogens with one attached hydrogen (secondary N) is 1. The number of carbonyl (C=O) groups is 1. The highest BCUT2D eigenvalue weighted by molar-refractivity contribution is 9.10. The molecule has 0 aliphatic heterocycles. The summed E-state index contributed by atoms with van der Waals surface area (Å²) in [6.45, 7) is 0.602. The molecule has 0 saturated carbocycles. The Morgan fingerprint density at radius 2 is 1.84 bits per heavy atom. The first-order valence-corrected chi connectivity index (χ1v) is 11.1. The van der Waals surface area contributed by atoms with Crippen LogP contribution in [0.1, 0.15) is 22.5 Å². The SMILES string of the molecule is CN(CCCc1cc(-c2ccccc2)n[nH]1)C(=O)c1cccnc1Oc1ccc(Br)cc1. The van der Waals surface area contributed by atoms with E-state index >= 15 is 0 Å². The second-order valence-electron chi connectivity index (χ2n) is 7.39. The molecule has 0 unspecified atom stereocenters. The van der Waals surface area contributed by atoms with Crippen molar-refractivity contribution in [2.75, 3.05) is 13.6 Å². The Labute approximate surface area is 195 Å². The first-order chi connectivity index (χ1) is 15.6. The second kappa shape index (κ2) is 10.2. The maximum absolute atomic E-state index is 13.0. The number of aromatic nitrogens is 3. The molecule has 7 heteroatoms. The standard InChI is InChI=1S/C25H23BrN4O2/c1-30(16-6-9-20-17-23(29-28-20)18-7-3-2-4-8-18)25(31)22-10-5-15-27-24(22)32-21-13-11-19(26)12-14-21/h2-5,7-8,10-15,17H,6,9,16H2,1H3,(H,28,29). The van der Waals surface area contributed by atoms with E-state index in [1.165, 1.54) is 0 Å². The summed E-state index contributed by atoms with van der Waals surface area (Å²) in [5.41, 5.74) is 3.49. The highest BCUT2D eigenvalue weighted by Crippen LogP contribution is 2.25. The Hall–Kier alpha value is -3.45. The van der Waals surface area contributed by atoms with Crippen LogP contribution >= 0.6 is 15.9 Å². The topological polar surface area (TPSA) is 71.1 Å². The first kappa shape index (κ1) is 21.8. The summed E-state index contributed by atoms with van der Waals surface area (Å²) in [7, 11) is 1.79. The zero-order valence-corrected chi connectivity index (χ0v) is 19.2. The molecule has 0 fully saturated rings. The molecule has 6 nitrogen and oxygen atoms in total. The summed E-state index contributed by atoms with van der Waals surface area (Å²) in [6.07, 6.45) is 3.22. The lowest BCUT2D eigenvalue weighted by molar-refractivity contribution is 0.0790. The van der Waals surface area contributed by atoms with Gasteiger partial charge in [0.15, 0.2) is 0 Å². The van der Waals surface area contributed by atoms with Crippen molar-refractivity contribution in [1.29, 1.82) is 0 Å². The van der Waals surface area contributed by atoms with Crippen molar-refractivity contribution in [2.45, 2.75) is 12.8 Å². The van der Waals surface area contributed by atoms with Crippen molar-refractivity contribution >= 4 is 21.8 Å². The predicted octanol–water partition coefficient (Wildman–Crippen LogP) is 5.73. The fraction of sp³-hybridized carbons (Fsp3) is 0.160. The van der Waals surface area contributed by atoms with Gasteiger partial charge in [-0.1, -0.05) is 46.3 Å². The van der Waals surface area contributed by atoms with Crippen LogP contribution in [-0.4, -0.2) is 39.6 Å². The summed E-state index contributed by atoms with van der Waals surface area (Å²) in [4.78, 5) is 19.0. The average Bonchev–Trinajstić information content (AvgIpc) is 3.30. The van der Waals surface area contributed by atoms with Gasteiger partial charge < -0.3 is 9.64 Å². The number of rotatable bonds is 8. The van der Waals surface area contributed by atoms with E-state index in [1.54, 1.807) is 30.3 Å². The monoisotopic (exact) mass is 490 g/mol. The van der Waals surface area contributed by atoms with Gasteiger partial charge in [-0.15, -0.1) is 0 Å². The summed E-state index contributed by atoms with van der Waals surface area (Å²) in [5.74, 6) is 0.796. The molecule has 2 aromatic carbocycles. The van der Waals surface area contributed by atoms with Gasteiger partial charge in [0.25, 0.3) is 5.91 Å². The number of H-pyrrole nitrogens is 1. The number of hydrogen-bond acceptors (Lipinski definition) is 4. The third kappa shape index (κ3) is 5.42. The summed E-state index contributed by atoms with van der Waals surface area (Å²) < 4.78 is 6.82. The van der Waals surface area contributed by atoms with Gasteiger partial charge in [0.05, 0.1) is 5.69 Å². The molecule has 32 heavy (non-hydrogen) atoms. The third-order valence-electron chi connectivity index (χ3n) is 5.02. The number of hydrogen-bond donors (Lipinski definition) is 1. The predicted molar refractivity (Wildman–Crippen MR) is 128 cm³/mol. The molecule has 0 aliphatic rings. The van der Waals surface area contributed by atoms with E-state index in [2.05, 4.69) is 37.2 Å². The van der Waals surface area contributed by atoms with E-state index in [4.69, 9.17) is 4.74 Å². The van der Waals surface area contributed by atoms with Crippen LogP contribution in [0.25, 0.3) is 11.3 Å². The molecule has 162 valence electrons. The molecular formula is C25H23BrN4O2. The van der Waals surface area contributed by atoms with Crippen LogP contribution in [0.3, 0.4) is 0 Å². The molecule has 0 aliphatic carbocycles. The van der Waals surface area contributed by atoms with Gasteiger partial charge in [-0.05, 0) is 55.3 Å². The number of aryl methyl sites for hydroxylation is 1. The Kier molecular flexibility index (Phi) is 6.97. The van der Waals surface area contributed by atoms with Gasteiger partial charge in [-0.25, -0.2) is 4.98 Å². The van der Waals surface area contributed by atoms with Crippen LogP contribution in [0.4, 0.5) is 0 Å². The molecule has 0 saturated heterocycles. The molecule has 0 bridgehead atoms. The van der Waals surface area contributed by atoms with E-state index in [0.29, 0.717) is 23.7 Å². The summed E-state index contributed by atoms with van der Waals surface area (Å²) >= 11 is 3.40. The Bertz CT molecular complexity index is 1180. The Balaban J connectivity index is 1.35. The van der Waals surface area contributed by atoms with Gasteiger partial charge >= 0.3 is 0 Å². The number of pyridine rings is 1. The van der Waals surface area contributed by atoms with Crippen LogP contribution in [0, 0.1) is 0 Å². The van der Waals surface area contributed by atoms with Crippen molar-refractivity contribution in [2.24, 2.45) is 0 Å². The number of ether oxygens (including phenoxy) is 1. The zero-order valence-electron chi connectivity index (χ0n) is 17.7. The van der Waals surface area contributed by atoms with Crippen LogP contribution in [0.15, 0.2) is 83.5 Å². The molecule has 0 spiro atoms. The number of carbonyl (C=O) groups excluding carboxylic acids is 1. The zero-order chi connectivity index (χ0) is 22.3. The minimum Gasteiger partial charge on any atom is -0.438 e. The second-order valence-corrected chi connectivity index (χ2v) is 8.30. The third-order valence-corrected chi connectivity index (χ3v) is 5.55. The van der Waals surface area contributed by atoms with Crippen LogP contribution in [0.2, 0.25) is 0 Å². The molecule has 1 N–H and O–H groups in total. The molecule has 2 aromatic heterocycles. The van der Waals surface area contributed by atoms with E-state index in [-0.39, 0.29) is 5.91 Å². The number of amides is 1. The number of nitrogens with zero attached hydrogens (tertiary/aromatic N) is 3. The minimum absolute atomic E-state index is 0.125. The lowest BCUT2D eigenvalue weighted by Gasteiger charge is -2.18. The molecule has 2 heterocycles. The van der Waals surface area contributed by atoms with E-state index < -0.39 is 0 Å². The van der Waals surface area contributed by atoms with E-state index in [9.17, 15) is 4.79 Å². The maximum atomic E-state index is 13.0. The molecule has 0 radical (unpaired) electrons. The largest absolute Gasteiger partial charge is 0.438 e. The number of halogens is 1. The fourth-order valence-corrected chi connectivity index (χ4v) is 3.57. The van der Waals surface area contributed by atoms with E-state index in [1.807, 2.05) is 54.6 Å². The first-order valence-electron chi connectivity index (χ1n) is 10.3. The number of aromatic amines is 1. The van der Waals surface area contributed by atoms with Crippen molar-refractivity contribution in [1.82, 2.24) is 20.1 Å². The molecule has 0 atom stereocenters. The molecular weight excluding hydrogens is 468 g/mol. The lowest BCUT2D eigenvalue weighted by Crippen LogP contribution is -2.28. The van der Waals surface area contributed by atoms with Gasteiger partial charge in [-0.2, -0.15) is 5.10 Å². The van der Waals surface area contributed by atoms with Crippen molar-refractivity contribution < 1.29 is 9.53 Å². The van der Waals surface area contributed by atoms with Crippen molar-refractivity contribution in [3.8, 4) is 22.9 Å². The van der Waals surface area contributed by atoms with Gasteiger partial charge in [0, 0.05) is 35.5 Å². The number of benzene rings is 2. The lowest BCUT2D eigenvalue weighted by atomic mass is 10.1. The van der Waals surface area contributed by atoms with Crippen LogP contribution in [0.5, 0.6) is 11.6 Å².